The molecule has 17 heavy (non-hydrogen) atoms. The molecule has 1 aromatic carbocycles. The monoisotopic (exact) mass is 270 g/mol. The van der Waals surface area contributed by atoms with Crippen LogP contribution in [-0.4, -0.2) is 4.98 Å². The molecule has 5 heteroatoms. The molecule has 0 amide bonds. The molecule has 0 bridgehead atoms. The second-order valence-electron chi connectivity index (χ2n) is 3.78. The van der Waals surface area contributed by atoms with Crippen LogP contribution in [0.5, 0.6) is 0 Å². The van der Waals surface area contributed by atoms with E-state index in [9.17, 15) is 4.39 Å². The van der Waals surface area contributed by atoms with Gasteiger partial charge in [-0.25, -0.2) is 9.37 Å². The molecule has 0 aliphatic heterocycles. The van der Waals surface area contributed by atoms with Gasteiger partial charge in [-0.3, -0.25) is 0 Å². The number of aromatic nitrogens is 1. The highest BCUT2D eigenvalue weighted by atomic mass is 35.5. The summed E-state index contributed by atoms with van der Waals surface area (Å²) >= 11 is 7.58. The van der Waals surface area contributed by atoms with E-state index in [1.165, 1.54) is 18.2 Å². The number of hydrogen-bond acceptors (Lipinski definition) is 3. The molecule has 0 fully saturated rings. The Morgan fingerprint density at radius 3 is 2.88 bits per heavy atom. The first-order valence-electron chi connectivity index (χ1n) is 5.20. The fourth-order valence-corrected chi connectivity index (χ4v) is 2.37. The molecular formula is C12H12ClFN2S. The van der Waals surface area contributed by atoms with E-state index in [-0.39, 0.29) is 11.9 Å². The minimum absolute atomic E-state index is 0.000694. The largest absolute Gasteiger partial charge is 0.376 e. The van der Waals surface area contributed by atoms with Crippen molar-refractivity contribution in [2.24, 2.45) is 0 Å². The molecule has 1 aromatic heterocycles. The van der Waals surface area contributed by atoms with Crippen molar-refractivity contribution < 1.29 is 4.39 Å². The van der Waals surface area contributed by atoms with Gasteiger partial charge in [-0.1, -0.05) is 11.6 Å². The fraction of sp³-hybridized carbons (Fsp3) is 0.250. The summed E-state index contributed by atoms with van der Waals surface area (Å²) in [5.74, 6) is -0.307. The van der Waals surface area contributed by atoms with E-state index in [1.54, 1.807) is 11.3 Å². The summed E-state index contributed by atoms with van der Waals surface area (Å²) in [4.78, 5) is 4.38. The zero-order valence-corrected chi connectivity index (χ0v) is 11.1. The molecule has 1 N–H and O–H groups in total. The fourth-order valence-electron chi connectivity index (χ4n) is 1.49. The third-order valence-electron chi connectivity index (χ3n) is 2.38. The van der Waals surface area contributed by atoms with Crippen LogP contribution in [0.15, 0.2) is 23.6 Å². The number of thiazole rings is 1. The van der Waals surface area contributed by atoms with Crippen LogP contribution < -0.4 is 5.32 Å². The van der Waals surface area contributed by atoms with Crippen molar-refractivity contribution in [2.45, 2.75) is 19.9 Å². The Balaban J connectivity index is 2.18. The molecule has 1 heterocycles. The summed E-state index contributed by atoms with van der Waals surface area (Å²) in [6.45, 7) is 3.92. The predicted octanol–water partition coefficient (Wildman–Crippen LogP) is 4.42. The van der Waals surface area contributed by atoms with Crippen molar-refractivity contribution in [2.75, 3.05) is 5.32 Å². The molecule has 0 spiro atoms. The van der Waals surface area contributed by atoms with Gasteiger partial charge in [0.25, 0.3) is 0 Å². The molecule has 1 atom stereocenters. The van der Waals surface area contributed by atoms with Gasteiger partial charge < -0.3 is 5.32 Å². The third-order valence-corrected chi connectivity index (χ3v) is 3.50. The average molecular weight is 271 g/mol. The zero-order valence-electron chi connectivity index (χ0n) is 9.50. The van der Waals surface area contributed by atoms with E-state index in [0.29, 0.717) is 10.7 Å². The quantitative estimate of drug-likeness (QED) is 0.893. The van der Waals surface area contributed by atoms with Gasteiger partial charge in [0, 0.05) is 5.38 Å². The maximum absolute atomic E-state index is 13.1. The van der Waals surface area contributed by atoms with Gasteiger partial charge in [-0.15, -0.1) is 11.3 Å². The second kappa shape index (κ2) is 5.02. The summed E-state index contributed by atoms with van der Waals surface area (Å²) in [6, 6.07) is 4.26. The topological polar surface area (TPSA) is 24.9 Å². The van der Waals surface area contributed by atoms with Crippen LogP contribution in [0.2, 0.25) is 5.02 Å². The Kier molecular flexibility index (Phi) is 3.64. The Bertz CT molecular complexity index is 527. The van der Waals surface area contributed by atoms with E-state index < -0.39 is 0 Å². The Morgan fingerprint density at radius 2 is 2.24 bits per heavy atom. The molecule has 0 aliphatic carbocycles. The normalized spacial score (nSPS) is 12.5. The van der Waals surface area contributed by atoms with Crippen LogP contribution in [0.1, 0.15) is 23.7 Å². The van der Waals surface area contributed by atoms with Crippen molar-refractivity contribution in [3.8, 4) is 0 Å². The van der Waals surface area contributed by atoms with Crippen LogP contribution in [0.4, 0.5) is 10.1 Å². The summed E-state index contributed by atoms with van der Waals surface area (Å²) in [6.07, 6.45) is 0. The van der Waals surface area contributed by atoms with Gasteiger partial charge in [-0.2, -0.15) is 0 Å². The van der Waals surface area contributed by atoms with E-state index in [4.69, 9.17) is 11.6 Å². The maximum Gasteiger partial charge on any atom is 0.125 e. The molecule has 0 aliphatic rings. The Hall–Kier alpha value is -1.13. The van der Waals surface area contributed by atoms with Crippen LogP contribution in [0.25, 0.3) is 0 Å². The number of nitrogens with zero attached hydrogens (tertiary/aromatic N) is 1. The number of aryl methyl sites for hydroxylation is 1. The van der Waals surface area contributed by atoms with Crippen molar-refractivity contribution >= 4 is 28.6 Å². The van der Waals surface area contributed by atoms with Crippen LogP contribution in [-0.2, 0) is 0 Å². The first kappa shape index (κ1) is 12.3. The Labute approximate surface area is 108 Å². The number of anilines is 1. The first-order valence-corrected chi connectivity index (χ1v) is 6.45. The van der Waals surface area contributed by atoms with Crippen molar-refractivity contribution in [1.82, 2.24) is 4.98 Å². The molecule has 90 valence electrons. The zero-order chi connectivity index (χ0) is 12.4. The number of rotatable bonds is 3. The summed E-state index contributed by atoms with van der Waals surface area (Å²) < 4.78 is 13.1. The van der Waals surface area contributed by atoms with E-state index in [2.05, 4.69) is 10.3 Å². The first-order chi connectivity index (χ1) is 8.06. The van der Waals surface area contributed by atoms with Gasteiger partial charge >= 0.3 is 0 Å². The summed E-state index contributed by atoms with van der Waals surface area (Å²) in [7, 11) is 0. The average Bonchev–Trinajstić information content (AvgIpc) is 2.70. The third kappa shape index (κ3) is 2.96. The smallest absolute Gasteiger partial charge is 0.125 e. The maximum atomic E-state index is 13.1. The molecule has 2 aromatic rings. The minimum atomic E-state index is -0.307. The standard InChI is InChI=1S/C12H12ClFN2S/c1-7(12-6-17-8(2)16-12)15-11-5-9(14)3-4-10(11)13/h3-7,15H,1-2H3. The lowest BCUT2D eigenvalue weighted by Crippen LogP contribution is -2.07. The predicted molar refractivity (Wildman–Crippen MR) is 70.3 cm³/mol. The number of benzene rings is 1. The molecule has 0 saturated heterocycles. The highest BCUT2D eigenvalue weighted by molar-refractivity contribution is 7.09. The minimum Gasteiger partial charge on any atom is -0.376 e. The molecule has 0 saturated carbocycles. The van der Waals surface area contributed by atoms with Crippen LogP contribution in [0, 0.1) is 12.7 Å². The van der Waals surface area contributed by atoms with Crippen LogP contribution in [0.3, 0.4) is 0 Å². The van der Waals surface area contributed by atoms with E-state index in [1.807, 2.05) is 19.2 Å². The molecule has 1 unspecified atom stereocenters. The van der Waals surface area contributed by atoms with Gasteiger partial charge in [0.15, 0.2) is 0 Å². The lowest BCUT2D eigenvalue weighted by Gasteiger charge is -2.14. The lowest BCUT2D eigenvalue weighted by molar-refractivity contribution is 0.628. The molecular weight excluding hydrogens is 259 g/mol. The van der Waals surface area contributed by atoms with Crippen LogP contribution >= 0.6 is 22.9 Å². The van der Waals surface area contributed by atoms with E-state index >= 15 is 0 Å². The molecule has 0 radical (unpaired) electrons. The summed E-state index contributed by atoms with van der Waals surface area (Å²) in [5.41, 5.74) is 1.53. The second-order valence-corrected chi connectivity index (χ2v) is 5.25. The lowest BCUT2D eigenvalue weighted by atomic mass is 10.2. The highest BCUT2D eigenvalue weighted by Crippen LogP contribution is 2.27. The molecule has 2 nitrogen and oxygen atoms in total. The number of nitrogens with one attached hydrogen (secondary N) is 1. The molecule has 2 rings (SSSR count). The highest BCUT2D eigenvalue weighted by Gasteiger charge is 2.11. The van der Waals surface area contributed by atoms with Crippen molar-refractivity contribution in [3.05, 3.63) is 45.1 Å². The van der Waals surface area contributed by atoms with Crippen molar-refractivity contribution in [3.63, 3.8) is 0 Å². The number of halogens is 2. The van der Waals surface area contributed by atoms with Gasteiger partial charge in [0.2, 0.25) is 0 Å². The van der Waals surface area contributed by atoms with Crippen molar-refractivity contribution in [1.29, 1.82) is 0 Å². The van der Waals surface area contributed by atoms with Gasteiger partial charge in [-0.05, 0) is 32.0 Å². The number of hydrogen-bond donors (Lipinski definition) is 1. The van der Waals surface area contributed by atoms with Gasteiger partial charge in [0.05, 0.1) is 27.5 Å². The summed E-state index contributed by atoms with van der Waals surface area (Å²) in [5, 5.41) is 6.66. The SMILES string of the molecule is Cc1nc(C(C)Nc2cc(F)ccc2Cl)cs1. The van der Waals surface area contributed by atoms with Gasteiger partial charge in [0.1, 0.15) is 5.82 Å². The Morgan fingerprint density at radius 1 is 1.47 bits per heavy atom. The van der Waals surface area contributed by atoms with E-state index in [0.717, 1.165) is 10.7 Å².